The van der Waals surface area contributed by atoms with Crippen molar-refractivity contribution in [2.24, 2.45) is 0 Å². The molecule has 2 heterocycles. The van der Waals surface area contributed by atoms with E-state index in [1.54, 1.807) is 0 Å². The lowest BCUT2D eigenvalue weighted by molar-refractivity contribution is -0.135. The minimum absolute atomic E-state index is 0.0485. The van der Waals surface area contributed by atoms with Crippen LogP contribution in [0.2, 0.25) is 0 Å². The van der Waals surface area contributed by atoms with Crippen molar-refractivity contribution in [3.05, 3.63) is 0 Å². The number of rotatable bonds is 3. The highest BCUT2D eigenvalue weighted by Crippen LogP contribution is 2.16. The van der Waals surface area contributed by atoms with Gasteiger partial charge in [-0.05, 0) is 13.3 Å². The molecule has 96 valence electrons. The Kier molecular flexibility index (Phi) is 3.99. The maximum Gasteiger partial charge on any atom is 0.224 e. The molecule has 5 nitrogen and oxygen atoms in total. The van der Waals surface area contributed by atoms with Crippen molar-refractivity contribution >= 4 is 11.8 Å². The van der Waals surface area contributed by atoms with Crippen LogP contribution in [0.4, 0.5) is 0 Å². The zero-order valence-corrected chi connectivity index (χ0v) is 10.4. The van der Waals surface area contributed by atoms with Crippen LogP contribution in [-0.4, -0.2) is 60.4 Å². The van der Waals surface area contributed by atoms with Gasteiger partial charge in [0.25, 0.3) is 0 Å². The normalized spacial score (nSPS) is 23.0. The van der Waals surface area contributed by atoms with E-state index >= 15 is 0 Å². The SMILES string of the molecule is CC(CC(=O)N1CCNCC1)N1CCCC1=O. The van der Waals surface area contributed by atoms with Crippen LogP contribution in [-0.2, 0) is 9.59 Å². The van der Waals surface area contributed by atoms with Gasteiger partial charge in [0, 0.05) is 51.6 Å². The summed E-state index contributed by atoms with van der Waals surface area (Å²) in [6, 6.07) is 0.0485. The van der Waals surface area contributed by atoms with Gasteiger partial charge < -0.3 is 15.1 Å². The monoisotopic (exact) mass is 239 g/mol. The van der Waals surface area contributed by atoms with Crippen molar-refractivity contribution in [1.29, 1.82) is 0 Å². The highest BCUT2D eigenvalue weighted by Gasteiger charge is 2.28. The Balaban J connectivity index is 1.82. The molecule has 2 aliphatic heterocycles. The van der Waals surface area contributed by atoms with Crippen LogP contribution >= 0.6 is 0 Å². The van der Waals surface area contributed by atoms with Crippen LogP contribution in [0.5, 0.6) is 0 Å². The van der Waals surface area contributed by atoms with Crippen molar-refractivity contribution < 1.29 is 9.59 Å². The van der Waals surface area contributed by atoms with Gasteiger partial charge >= 0.3 is 0 Å². The molecule has 2 amide bonds. The van der Waals surface area contributed by atoms with Crippen LogP contribution in [0.15, 0.2) is 0 Å². The number of likely N-dealkylation sites (tertiary alicyclic amines) is 1. The standard InChI is InChI=1S/C12H21N3O2/c1-10(15-6-2-3-11(15)16)9-12(17)14-7-4-13-5-8-14/h10,13H,2-9H2,1H3. The molecule has 0 radical (unpaired) electrons. The molecule has 0 aromatic heterocycles. The van der Waals surface area contributed by atoms with Crippen molar-refractivity contribution in [3.8, 4) is 0 Å². The van der Waals surface area contributed by atoms with Gasteiger partial charge in [0.1, 0.15) is 0 Å². The molecule has 1 unspecified atom stereocenters. The van der Waals surface area contributed by atoms with Gasteiger partial charge in [-0.3, -0.25) is 9.59 Å². The fourth-order valence-electron chi connectivity index (χ4n) is 2.54. The second-order valence-electron chi connectivity index (χ2n) is 4.87. The zero-order valence-electron chi connectivity index (χ0n) is 10.4. The van der Waals surface area contributed by atoms with E-state index in [1.165, 1.54) is 0 Å². The largest absolute Gasteiger partial charge is 0.340 e. The first-order chi connectivity index (χ1) is 8.18. The number of hydrogen-bond donors (Lipinski definition) is 1. The predicted molar refractivity (Wildman–Crippen MR) is 64.5 cm³/mol. The molecule has 0 aromatic carbocycles. The molecule has 0 aromatic rings. The van der Waals surface area contributed by atoms with Crippen LogP contribution in [0.1, 0.15) is 26.2 Å². The lowest BCUT2D eigenvalue weighted by Gasteiger charge is -2.30. The topological polar surface area (TPSA) is 52.7 Å². The molecule has 0 bridgehead atoms. The van der Waals surface area contributed by atoms with Gasteiger partial charge in [-0.1, -0.05) is 0 Å². The van der Waals surface area contributed by atoms with Crippen LogP contribution in [0.25, 0.3) is 0 Å². The molecule has 1 atom stereocenters. The van der Waals surface area contributed by atoms with Gasteiger partial charge in [-0.2, -0.15) is 0 Å². The van der Waals surface area contributed by atoms with Crippen molar-refractivity contribution in [3.63, 3.8) is 0 Å². The third kappa shape index (κ3) is 2.97. The molecule has 5 heteroatoms. The maximum atomic E-state index is 12.0. The molecule has 0 spiro atoms. The average molecular weight is 239 g/mol. The summed E-state index contributed by atoms with van der Waals surface area (Å²) in [7, 11) is 0. The summed E-state index contributed by atoms with van der Waals surface area (Å²) in [6.07, 6.45) is 2.04. The highest BCUT2D eigenvalue weighted by atomic mass is 16.2. The molecular formula is C12H21N3O2. The van der Waals surface area contributed by atoms with Gasteiger partial charge in [0.2, 0.25) is 11.8 Å². The van der Waals surface area contributed by atoms with Crippen molar-refractivity contribution in [1.82, 2.24) is 15.1 Å². The highest BCUT2D eigenvalue weighted by molar-refractivity contribution is 5.81. The number of piperazine rings is 1. The summed E-state index contributed by atoms with van der Waals surface area (Å²) >= 11 is 0. The van der Waals surface area contributed by atoms with Gasteiger partial charge in [-0.25, -0.2) is 0 Å². The molecule has 2 aliphatic rings. The van der Waals surface area contributed by atoms with E-state index in [0.29, 0.717) is 12.8 Å². The Bertz CT molecular complexity index is 300. The maximum absolute atomic E-state index is 12.0. The average Bonchev–Trinajstić information content (AvgIpc) is 2.76. The summed E-state index contributed by atoms with van der Waals surface area (Å²) < 4.78 is 0. The third-order valence-electron chi connectivity index (χ3n) is 3.58. The summed E-state index contributed by atoms with van der Waals surface area (Å²) in [5, 5.41) is 3.23. The molecule has 0 aliphatic carbocycles. The molecule has 17 heavy (non-hydrogen) atoms. The second kappa shape index (κ2) is 5.49. The minimum Gasteiger partial charge on any atom is -0.340 e. The molecule has 2 fully saturated rings. The Morgan fingerprint density at radius 2 is 2.06 bits per heavy atom. The predicted octanol–water partition coefficient (Wildman–Crippen LogP) is -0.181. The van der Waals surface area contributed by atoms with E-state index < -0.39 is 0 Å². The van der Waals surface area contributed by atoms with Crippen molar-refractivity contribution in [2.45, 2.75) is 32.2 Å². The minimum atomic E-state index is 0.0485. The summed E-state index contributed by atoms with van der Waals surface area (Å²) in [5.41, 5.74) is 0. The lowest BCUT2D eigenvalue weighted by atomic mass is 10.2. The molecule has 1 N–H and O–H groups in total. The number of hydrogen-bond acceptors (Lipinski definition) is 3. The van der Waals surface area contributed by atoms with E-state index in [4.69, 9.17) is 0 Å². The Morgan fingerprint density at radius 3 is 2.65 bits per heavy atom. The number of nitrogens with zero attached hydrogens (tertiary/aromatic N) is 2. The van der Waals surface area contributed by atoms with E-state index in [-0.39, 0.29) is 17.9 Å². The molecular weight excluding hydrogens is 218 g/mol. The number of carbonyl (C=O) groups is 2. The number of carbonyl (C=O) groups excluding carboxylic acids is 2. The van der Waals surface area contributed by atoms with Gasteiger partial charge in [0.05, 0.1) is 0 Å². The Labute approximate surface area is 102 Å². The van der Waals surface area contributed by atoms with E-state index in [0.717, 1.165) is 39.1 Å². The molecule has 2 saturated heterocycles. The lowest BCUT2D eigenvalue weighted by Crippen LogP contribution is -2.48. The van der Waals surface area contributed by atoms with Gasteiger partial charge in [0.15, 0.2) is 0 Å². The second-order valence-corrected chi connectivity index (χ2v) is 4.87. The first kappa shape index (κ1) is 12.4. The third-order valence-corrected chi connectivity index (χ3v) is 3.58. The van der Waals surface area contributed by atoms with Crippen LogP contribution < -0.4 is 5.32 Å². The number of amides is 2. The molecule has 0 saturated carbocycles. The number of nitrogens with one attached hydrogen (secondary N) is 1. The van der Waals surface area contributed by atoms with Gasteiger partial charge in [-0.15, -0.1) is 0 Å². The van der Waals surface area contributed by atoms with E-state index in [2.05, 4.69) is 5.32 Å². The smallest absolute Gasteiger partial charge is 0.224 e. The van der Waals surface area contributed by atoms with Crippen LogP contribution in [0, 0.1) is 0 Å². The Hall–Kier alpha value is -1.10. The fourth-order valence-corrected chi connectivity index (χ4v) is 2.54. The van der Waals surface area contributed by atoms with Crippen LogP contribution in [0.3, 0.4) is 0 Å². The quantitative estimate of drug-likeness (QED) is 0.743. The Morgan fingerprint density at radius 1 is 1.35 bits per heavy atom. The summed E-state index contributed by atoms with van der Waals surface area (Å²) in [5.74, 6) is 0.379. The zero-order chi connectivity index (χ0) is 12.3. The van der Waals surface area contributed by atoms with E-state index in [1.807, 2.05) is 16.7 Å². The van der Waals surface area contributed by atoms with E-state index in [9.17, 15) is 9.59 Å². The first-order valence-electron chi connectivity index (χ1n) is 6.46. The fraction of sp³-hybridized carbons (Fsp3) is 0.833. The summed E-state index contributed by atoms with van der Waals surface area (Å²) in [4.78, 5) is 27.3. The summed E-state index contributed by atoms with van der Waals surface area (Å²) in [6.45, 7) is 6.13. The first-order valence-corrected chi connectivity index (χ1v) is 6.46. The van der Waals surface area contributed by atoms with Crippen molar-refractivity contribution in [2.75, 3.05) is 32.7 Å². The molecule has 2 rings (SSSR count).